The molecule has 0 atom stereocenters. The van der Waals surface area contributed by atoms with Crippen LogP contribution in [-0.4, -0.2) is 9.97 Å². The number of nitrogens with one attached hydrogen (secondary N) is 1. The normalized spacial score (nSPS) is 11.4. The second-order valence-corrected chi connectivity index (χ2v) is 5.53. The molecule has 3 rings (SSSR count). The maximum atomic E-state index is 12.1. The molecule has 0 aliphatic heterocycles. The fourth-order valence-electron chi connectivity index (χ4n) is 2.16. The average molecular weight is 342 g/mol. The van der Waals surface area contributed by atoms with Crippen molar-refractivity contribution in [2.24, 2.45) is 0 Å². The molecule has 0 radical (unpaired) electrons. The summed E-state index contributed by atoms with van der Waals surface area (Å²) in [4.78, 5) is 19.1. The Balaban J connectivity index is 2.19. The molecule has 0 saturated carbocycles. The summed E-state index contributed by atoms with van der Waals surface area (Å²) in [5, 5.41) is 10.6. The van der Waals surface area contributed by atoms with E-state index in [4.69, 9.17) is 23.2 Å². The molecule has 3 aromatic rings. The summed E-state index contributed by atoms with van der Waals surface area (Å²) in [7, 11) is 0. The molecule has 1 N–H and O–H groups in total. The third-order valence-electron chi connectivity index (χ3n) is 3.27. The summed E-state index contributed by atoms with van der Waals surface area (Å²) in [6.45, 7) is 0. The third kappa shape index (κ3) is 2.98. The standard InChI is InChI=1S/C17H9Cl2N3O/c18-13-6-3-4-10(15(13)19)8-11(9-20)16-21-14-7-2-1-5-12(14)17(23)22-16/h1-8H,(H,21,22,23)/b11-8-. The highest BCUT2D eigenvalue weighted by Crippen LogP contribution is 2.28. The first-order chi connectivity index (χ1) is 11.1. The first-order valence-corrected chi connectivity index (χ1v) is 7.41. The first kappa shape index (κ1) is 15.3. The quantitative estimate of drug-likeness (QED) is 0.706. The first-order valence-electron chi connectivity index (χ1n) is 6.65. The van der Waals surface area contributed by atoms with Gasteiger partial charge in [0.05, 0.1) is 26.5 Å². The molecule has 2 aromatic carbocycles. The molecule has 1 aromatic heterocycles. The summed E-state index contributed by atoms with van der Waals surface area (Å²) in [5.74, 6) is 0.187. The van der Waals surface area contributed by atoms with Gasteiger partial charge in [0.1, 0.15) is 6.07 Å². The highest BCUT2D eigenvalue weighted by molar-refractivity contribution is 6.43. The number of rotatable bonds is 2. The molecule has 0 bridgehead atoms. The SMILES string of the molecule is N#C/C(=C/c1cccc(Cl)c1Cl)c1nc2ccccc2c(=O)[nH]1. The van der Waals surface area contributed by atoms with E-state index in [2.05, 4.69) is 9.97 Å². The predicted molar refractivity (Wildman–Crippen MR) is 92.3 cm³/mol. The van der Waals surface area contributed by atoms with Gasteiger partial charge >= 0.3 is 0 Å². The number of nitriles is 1. The van der Waals surface area contributed by atoms with Crippen molar-refractivity contribution in [2.45, 2.75) is 0 Å². The Hall–Kier alpha value is -2.61. The van der Waals surface area contributed by atoms with Gasteiger partial charge in [-0.25, -0.2) is 4.98 Å². The number of hydrogen-bond donors (Lipinski definition) is 1. The highest BCUT2D eigenvalue weighted by atomic mass is 35.5. The fraction of sp³-hybridized carbons (Fsp3) is 0. The minimum absolute atomic E-state index is 0.187. The van der Waals surface area contributed by atoms with Gasteiger partial charge < -0.3 is 4.98 Å². The maximum Gasteiger partial charge on any atom is 0.259 e. The van der Waals surface area contributed by atoms with Crippen molar-refractivity contribution in [3.63, 3.8) is 0 Å². The average Bonchev–Trinajstić information content (AvgIpc) is 2.56. The Morgan fingerprint density at radius 1 is 1.17 bits per heavy atom. The summed E-state index contributed by atoms with van der Waals surface area (Å²) < 4.78 is 0. The van der Waals surface area contributed by atoms with Crippen LogP contribution in [0.5, 0.6) is 0 Å². The predicted octanol–water partition coefficient (Wildman–Crippen LogP) is 4.29. The Kier molecular flexibility index (Phi) is 4.16. The molecule has 0 aliphatic rings. The number of halogens is 2. The number of aromatic nitrogens is 2. The topological polar surface area (TPSA) is 69.5 Å². The van der Waals surface area contributed by atoms with E-state index in [0.717, 1.165) is 0 Å². The molecule has 6 heteroatoms. The van der Waals surface area contributed by atoms with Gasteiger partial charge in [-0.2, -0.15) is 5.26 Å². The summed E-state index contributed by atoms with van der Waals surface area (Å²) in [5.41, 5.74) is 0.983. The van der Waals surface area contributed by atoms with Crippen molar-refractivity contribution in [1.29, 1.82) is 5.26 Å². The van der Waals surface area contributed by atoms with E-state index < -0.39 is 0 Å². The minimum atomic E-state index is -0.302. The van der Waals surface area contributed by atoms with Gasteiger partial charge in [0.2, 0.25) is 0 Å². The number of aromatic amines is 1. The lowest BCUT2D eigenvalue weighted by atomic mass is 10.1. The molecule has 0 aliphatic carbocycles. The number of fused-ring (bicyclic) bond motifs is 1. The number of H-pyrrole nitrogens is 1. The van der Waals surface area contributed by atoms with Crippen LogP contribution in [0.15, 0.2) is 47.3 Å². The van der Waals surface area contributed by atoms with Crippen molar-refractivity contribution in [3.8, 4) is 6.07 Å². The second kappa shape index (κ2) is 6.25. The molecular weight excluding hydrogens is 333 g/mol. The van der Waals surface area contributed by atoms with Gasteiger partial charge in [-0.05, 0) is 29.8 Å². The fourth-order valence-corrected chi connectivity index (χ4v) is 2.52. The smallest absolute Gasteiger partial charge is 0.259 e. The van der Waals surface area contributed by atoms with Gasteiger partial charge in [0.25, 0.3) is 5.56 Å². The van der Waals surface area contributed by atoms with Gasteiger partial charge in [-0.15, -0.1) is 0 Å². The number of nitrogens with zero attached hydrogens (tertiary/aromatic N) is 2. The zero-order valence-corrected chi connectivity index (χ0v) is 13.2. The molecular formula is C17H9Cl2N3O. The number of benzene rings is 2. The lowest BCUT2D eigenvalue weighted by Gasteiger charge is -2.04. The van der Waals surface area contributed by atoms with Crippen LogP contribution in [0.1, 0.15) is 11.4 Å². The van der Waals surface area contributed by atoms with Gasteiger partial charge in [-0.1, -0.05) is 47.5 Å². The van der Waals surface area contributed by atoms with Gasteiger partial charge in [0, 0.05) is 0 Å². The van der Waals surface area contributed by atoms with E-state index in [0.29, 0.717) is 26.5 Å². The lowest BCUT2D eigenvalue weighted by Crippen LogP contribution is -2.11. The second-order valence-electron chi connectivity index (χ2n) is 4.74. The van der Waals surface area contributed by atoms with E-state index in [-0.39, 0.29) is 17.0 Å². The molecule has 0 unspecified atom stereocenters. The van der Waals surface area contributed by atoms with Crippen LogP contribution in [0.2, 0.25) is 10.0 Å². The van der Waals surface area contributed by atoms with Crippen molar-refractivity contribution >= 4 is 45.8 Å². The molecule has 1 heterocycles. The van der Waals surface area contributed by atoms with Crippen molar-refractivity contribution in [2.75, 3.05) is 0 Å². The lowest BCUT2D eigenvalue weighted by molar-refractivity contribution is 1.13. The highest BCUT2D eigenvalue weighted by Gasteiger charge is 2.10. The van der Waals surface area contributed by atoms with Crippen LogP contribution in [0, 0.1) is 11.3 Å². The van der Waals surface area contributed by atoms with Crippen molar-refractivity contribution in [1.82, 2.24) is 9.97 Å². The zero-order chi connectivity index (χ0) is 16.4. The Morgan fingerprint density at radius 2 is 1.96 bits per heavy atom. The van der Waals surface area contributed by atoms with Gasteiger partial charge in [-0.3, -0.25) is 4.79 Å². The van der Waals surface area contributed by atoms with E-state index in [1.54, 1.807) is 48.5 Å². The molecule has 0 amide bonds. The minimum Gasteiger partial charge on any atom is -0.305 e. The number of hydrogen-bond acceptors (Lipinski definition) is 3. The maximum absolute atomic E-state index is 12.1. The van der Waals surface area contributed by atoms with Crippen LogP contribution in [-0.2, 0) is 0 Å². The van der Waals surface area contributed by atoms with Crippen LogP contribution in [0.3, 0.4) is 0 Å². The Labute approximate surface area is 141 Å². The van der Waals surface area contributed by atoms with Crippen LogP contribution in [0.4, 0.5) is 0 Å². The molecule has 0 saturated heterocycles. The van der Waals surface area contributed by atoms with Crippen LogP contribution < -0.4 is 5.56 Å². The number of allylic oxidation sites excluding steroid dienone is 1. The molecule has 0 fully saturated rings. The molecule has 23 heavy (non-hydrogen) atoms. The molecule has 112 valence electrons. The van der Waals surface area contributed by atoms with E-state index in [1.165, 1.54) is 0 Å². The van der Waals surface area contributed by atoms with Crippen molar-refractivity contribution in [3.05, 3.63) is 74.3 Å². The summed E-state index contributed by atoms with van der Waals surface area (Å²) >= 11 is 12.1. The van der Waals surface area contributed by atoms with Crippen LogP contribution in [0.25, 0.3) is 22.6 Å². The largest absolute Gasteiger partial charge is 0.305 e. The van der Waals surface area contributed by atoms with Crippen molar-refractivity contribution < 1.29 is 0 Å². The van der Waals surface area contributed by atoms with E-state index in [9.17, 15) is 10.1 Å². The van der Waals surface area contributed by atoms with E-state index in [1.807, 2.05) is 6.07 Å². The monoisotopic (exact) mass is 341 g/mol. The summed E-state index contributed by atoms with van der Waals surface area (Å²) in [6.07, 6.45) is 1.54. The van der Waals surface area contributed by atoms with Crippen LogP contribution >= 0.6 is 23.2 Å². The molecule has 0 spiro atoms. The molecule has 4 nitrogen and oxygen atoms in total. The Bertz CT molecular complexity index is 1030. The van der Waals surface area contributed by atoms with E-state index >= 15 is 0 Å². The number of para-hydroxylation sites is 1. The third-order valence-corrected chi connectivity index (χ3v) is 4.10. The zero-order valence-electron chi connectivity index (χ0n) is 11.7. The Morgan fingerprint density at radius 3 is 2.74 bits per heavy atom. The van der Waals surface area contributed by atoms with Gasteiger partial charge in [0.15, 0.2) is 5.82 Å². The summed E-state index contributed by atoms with van der Waals surface area (Å²) in [6, 6.07) is 14.1.